The topological polar surface area (TPSA) is 0 Å². The van der Waals surface area contributed by atoms with Crippen molar-refractivity contribution >= 4 is 15.9 Å². The van der Waals surface area contributed by atoms with Crippen molar-refractivity contribution in [2.45, 2.75) is 25.1 Å². The Balaban J connectivity index is 2.19. The van der Waals surface area contributed by atoms with Crippen molar-refractivity contribution in [3.8, 4) is 11.8 Å². The maximum absolute atomic E-state index is 3.49. The van der Waals surface area contributed by atoms with Crippen LogP contribution in [-0.4, -0.2) is 0 Å². The van der Waals surface area contributed by atoms with E-state index in [4.69, 9.17) is 0 Å². The molecule has 2 aromatic carbocycles. The highest BCUT2D eigenvalue weighted by molar-refractivity contribution is 9.08. The minimum atomic E-state index is 0.841. The molecule has 0 bridgehead atoms. The molecule has 0 unspecified atom stereocenters. The van der Waals surface area contributed by atoms with E-state index in [9.17, 15) is 0 Å². The molecule has 0 amide bonds. The van der Waals surface area contributed by atoms with E-state index in [1.165, 1.54) is 17.5 Å². The van der Waals surface area contributed by atoms with E-state index >= 15 is 0 Å². The summed E-state index contributed by atoms with van der Waals surface area (Å²) in [5, 5.41) is 0.841. The van der Waals surface area contributed by atoms with Crippen LogP contribution in [0.3, 0.4) is 0 Å². The Morgan fingerprint density at radius 2 is 1.68 bits per heavy atom. The standard InChI is InChI=1S/C18H17Br/c1-2-5-15-8-10-16(11-9-15)12-13-17-6-3-4-7-18(17)14-19/h3-4,6-11H,2,5,14H2,1H3. The molecule has 0 aliphatic heterocycles. The average Bonchev–Trinajstić information content (AvgIpc) is 2.47. The Bertz CT molecular complexity index is 585. The monoisotopic (exact) mass is 312 g/mol. The summed E-state index contributed by atoms with van der Waals surface area (Å²) in [5.74, 6) is 6.49. The number of hydrogen-bond acceptors (Lipinski definition) is 0. The quantitative estimate of drug-likeness (QED) is 0.556. The van der Waals surface area contributed by atoms with E-state index < -0.39 is 0 Å². The predicted molar refractivity (Wildman–Crippen MR) is 85.5 cm³/mol. The van der Waals surface area contributed by atoms with Gasteiger partial charge in [0, 0.05) is 16.5 Å². The van der Waals surface area contributed by atoms with E-state index in [1.54, 1.807) is 0 Å². The van der Waals surface area contributed by atoms with Crippen LogP contribution in [0.5, 0.6) is 0 Å². The lowest BCUT2D eigenvalue weighted by Gasteiger charge is -1.99. The summed E-state index contributed by atoms with van der Waals surface area (Å²) in [5.41, 5.74) is 4.78. The SMILES string of the molecule is CCCc1ccc(C#Cc2ccccc2CBr)cc1. The molecule has 96 valence electrons. The zero-order chi connectivity index (χ0) is 13.5. The van der Waals surface area contributed by atoms with Gasteiger partial charge in [-0.3, -0.25) is 0 Å². The summed E-state index contributed by atoms with van der Waals surface area (Å²) in [6.07, 6.45) is 2.32. The Morgan fingerprint density at radius 1 is 0.947 bits per heavy atom. The second-order valence-electron chi connectivity index (χ2n) is 4.49. The molecule has 0 saturated carbocycles. The summed E-state index contributed by atoms with van der Waals surface area (Å²) < 4.78 is 0. The van der Waals surface area contributed by atoms with Gasteiger partial charge in [-0.2, -0.15) is 0 Å². The molecule has 0 radical (unpaired) electrons. The summed E-state index contributed by atoms with van der Waals surface area (Å²) >= 11 is 3.49. The van der Waals surface area contributed by atoms with Crippen LogP contribution in [0.4, 0.5) is 0 Å². The molecule has 2 rings (SSSR count). The van der Waals surface area contributed by atoms with Gasteiger partial charge in [-0.1, -0.05) is 71.4 Å². The smallest absolute Gasteiger partial charge is 0.0295 e. The van der Waals surface area contributed by atoms with Gasteiger partial charge in [0.2, 0.25) is 0 Å². The van der Waals surface area contributed by atoms with E-state index in [0.29, 0.717) is 0 Å². The molecule has 0 N–H and O–H groups in total. The van der Waals surface area contributed by atoms with Crippen molar-refractivity contribution < 1.29 is 0 Å². The Labute approximate surface area is 124 Å². The van der Waals surface area contributed by atoms with Gasteiger partial charge in [0.15, 0.2) is 0 Å². The fourth-order valence-corrected chi connectivity index (χ4v) is 2.43. The van der Waals surface area contributed by atoms with Crippen LogP contribution < -0.4 is 0 Å². The molecule has 0 nitrogen and oxygen atoms in total. The van der Waals surface area contributed by atoms with Crippen molar-refractivity contribution in [1.82, 2.24) is 0 Å². The van der Waals surface area contributed by atoms with Crippen LogP contribution >= 0.6 is 15.9 Å². The van der Waals surface area contributed by atoms with E-state index in [0.717, 1.165) is 22.9 Å². The molecule has 0 atom stereocenters. The lowest BCUT2D eigenvalue weighted by Crippen LogP contribution is -1.85. The van der Waals surface area contributed by atoms with Crippen LogP contribution in [0.15, 0.2) is 48.5 Å². The first-order valence-electron chi connectivity index (χ1n) is 6.58. The fraction of sp³-hybridized carbons (Fsp3) is 0.222. The minimum Gasteiger partial charge on any atom is -0.0876 e. The van der Waals surface area contributed by atoms with Crippen LogP contribution in [0, 0.1) is 11.8 Å². The van der Waals surface area contributed by atoms with Crippen molar-refractivity contribution in [1.29, 1.82) is 0 Å². The molecular weight excluding hydrogens is 296 g/mol. The maximum Gasteiger partial charge on any atom is 0.0295 e. The van der Waals surface area contributed by atoms with Crippen molar-refractivity contribution in [3.05, 3.63) is 70.8 Å². The normalized spacial score (nSPS) is 9.79. The van der Waals surface area contributed by atoms with E-state index in [2.05, 4.69) is 71.1 Å². The van der Waals surface area contributed by atoms with Gasteiger partial charge in [-0.15, -0.1) is 0 Å². The lowest BCUT2D eigenvalue weighted by atomic mass is 10.1. The van der Waals surface area contributed by atoms with Gasteiger partial charge in [0.1, 0.15) is 0 Å². The number of rotatable bonds is 3. The zero-order valence-corrected chi connectivity index (χ0v) is 12.7. The molecule has 2 aromatic rings. The minimum absolute atomic E-state index is 0.841. The molecule has 0 saturated heterocycles. The summed E-state index contributed by atoms with van der Waals surface area (Å²) in [7, 11) is 0. The third-order valence-electron chi connectivity index (χ3n) is 3.00. The first-order chi connectivity index (χ1) is 9.33. The molecule has 19 heavy (non-hydrogen) atoms. The maximum atomic E-state index is 3.49. The molecule has 0 spiro atoms. The lowest BCUT2D eigenvalue weighted by molar-refractivity contribution is 0.922. The van der Waals surface area contributed by atoms with Gasteiger partial charge in [-0.25, -0.2) is 0 Å². The van der Waals surface area contributed by atoms with E-state index in [-0.39, 0.29) is 0 Å². The van der Waals surface area contributed by atoms with Crippen molar-refractivity contribution in [3.63, 3.8) is 0 Å². The Hall–Kier alpha value is -1.52. The molecule has 0 fully saturated rings. The fourth-order valence-electron chi connectivity index (χ4n) is 1.94. The summed E-state index contributed by atoms with van der Waals surface area (Å²) in [4.78, 5) is 0. The average molecular weight is 313 g/mol. The zero-order valence-electron chi connectivity index (χ0n) is 11.1. The third kappa shape index (κ3) is 3.98. The molecule has 0 aromatic heterocycles. The van der Waals surface area contributed by atoms with E-state index in [1.807, 2.05) is 12.1 Å². The summed E-state index contributed by atoms with van der Waals surface area (Å²) in [6.45, 7) is 2.20. The number of halogens is 1. The van der Waals surface area contributed by atoms with Gasteiger partial charge in [0.25, 0.3) is 0 Å². The molecule has 0 heterocycles. The highest BCUT2D eigenvalue weighted by Crippen LogP contribution is 2.11. The van der Waals surface area contributed by atoms with Crippen LogP contribution in [0.25, 0.3) is 0 Å². The predicted octanol–water partition coefficient (Wildman–Crippen LogP) is 4.93. The number of hydrogen-bond donors (Lipinski definition) is 0. The number of benzene rings is 2. The van der Waals surface area contributed by atoms with Gasteiger partial charge in [-0.05, 0) is 35.7 Å². The highest BCUT2D eigenvalue weighted by Gasteiger charge is 1.96. The van der Waals surface area contributed by atoms with Crippen LogP contribution in [-0.2, 0) is 11.8 Å². The molecule has 0 aliphatic rings. The second-order valence-corrected chi connectivity index (χ2v) is 5.05. The number of alkyl halides is 1. The number of aryl methyl sites for hydroxylation is 1. The van der Waals surface area contributed by atoms with Crippen LogP contribution in [0.1, 0.15) is 35.6 Å². The first kappa shape index (κ1) is 13.9. The Kier molecular flexibility index (Phi) is 5.24. The van der Waals surface area contributed by atoms with Gasteiger partial charge < -0.3 is 0 Å². The van der Waals surface area contributed by atoms with Gasteiger partial charge in [0.05, 0.1) is 0 Å². The third-order valence-corrected chi connectivity index (χ3v) is 3.60. The molecule has 0 aliphatic carbocycles. The largest absolute Gasteiger partial charge is 0.0876 e. The summed E-state index contributed by atoms with van der Waals surface area (Å²) in [6, 6.07) is 16.8. The Morgan fingerprint density at radius 3 is 2.37 bits per heavy atom. The van der Waals surface area contributed by atoms with Gasteiger partial charge >= 0.3 is 0 Å². The molecule has 1 heteroatoms. The molecular formula is C18H17Br. The highest BCUT2D eigenvalue weighted by atomic mass is 79.9. The first-order valence-corrected chi connectivity index (χ1v) is 7.70. The van der Waals surface area contributed by atoms with Crippen molar-refractivity contribution in [2.75, 3.05) is 0 Å². The van der Waals surface area contributed by atoms with Crippen molar-refractivity contribution in [2.24, 2.45) is 0 Å². The second kappa shape index (κ2) is 7.16. The van der Waals surface area contributed by atoms with Crippen LogP contribution in [0.2, 0.25) is 0 Å².